The van der Waals surface area contributed by atoms with Gasteiger partial charge in [0.1, 0.15) is 0 Å². The molecule has 0 saturated heterocycles. The van der Waals surface area contributed by atoms with Crippen LogP contribution in [0.2, 0.25) is 0 Å². The van der Waals surface area contributed by atoms with E-state index in [9.17, 15) is 0 Å². The molecule has 0 spiro atoms. The fourth-order valence-corrected chi connectivity index (χ4v) is 2.02. The third-order valence-electron chi connectivity index (χ3n) is 3.18. The number of nitrogens with one attached hydrogen (secondary N) is 1. The van der Waals surface area contributed by atoms with Crippen molar-refractivity contribution in [3.63, 3.8) is 0 Å². The van der Waals surface area contributed by atoms with Crippen molar-refractivity contribution in [1.82, 2.24) is 5.32 Å². The van der Waals surface area contributed by atoms with Crippen LogP contribution in [0.15, 0.2) is 24.3 Å². The molecule has 0 amide bonds. The topological polar surface area (TPSA) is 41.5 Å². The molecule has 1 aromatic carbocycles. The third-order valence-corrected chi connectivity index (χ3v) is 3.18. The summed E-state index contributed by atoms with van der Waals surface area (Å²) in [6, 6.07) is 8.40. The molecule has 1 aromatic rings. The third kappa shape index (κ3) is 5.17. The minimum atomic E-state index is -0.0979. The molecular formula is C15H25NO2. The zero-order valence-corrected chi connectivity index (χ0v) is 11.9. The molecular weight excluding hydrogens is 226 g/mol. The molecule has 0 saturated carbocycles. The van der Waals surface area contributed by atoms with Crippen molar-refractivity contribution >= 4 is 0 Å². The molecule has 1 rings (SSSR count). The Bertz CT molecular complexity index is 363. The molecule has 0 aliphatic heterocycles. The highest BCUT2D eigenvalue weighted by Gasteiger charge is 2.19. The zero-order chi connectivity index (χ0) is 13.6. The summed E-state index contributed by atoms with van der Waals surface area (Å²) in [6.07, 6.45) is 0.961. The Kier molecular flexibility index (Phi) is 5.79. The van der Waals surface area contributed by atoms with Gasteiger partial charge in [-0.1, -0.05) is 24.3 Å². The zero-order valence-electron chi connectivity index (χ0n) is 11.9. The first kappa shape index (κ1) is 15.2. The number of methoxy groups -OCH3 is 1. The molecule has 0 fully saturated rings. The van der Waals surface area contributed by atoms with Crippen LogP contribution in [0.3, 0.4) is 0 Å². The lowest BCUT2D eigenvalue weighted by molar-refractivity contribution is 0.00844. The van der Waals surface area contributed by atoms with E-state index in [0.717, 1.165) is 18.5 Å². The average Bonchev–Trinajstić information content (AvgIpc) is 2.36. The number of aliphatic hydroxyl groups is 1. The molecule has 0 aliphatic carbocycles. The first-order valence-electron chi connectivity index (χ1n) is 6.44. The molecule has 3 nitrogen and oxygen atoms in total. The maximum Gasteiger partial charge on any atom is 0.0681 e. The smallest absolute Gasteiger partial charge is 0.0681 e. The highest BCUT2D eigenvalue weighted by Crippen LogP contribution is 2.15. The van der Waals surface area contributed by atoms with Crippen molar-refractivity contribution in [2.45, 2.75) is 52.0 Å². The lowest BCUT2D eigenvalue weighted by atomic mass is 9.99. The quantitative estimate of drug-likeness (QED) is 0.782. The van der Waals surface area contributed by atoms with Gasteiger partial charge in [-0.2, -0.15) is 0 Å². The van der Waals surface area contributed by atoms with Crippen LogP contribution in [0.4, 0.5) is 0 Å². The Morgan fingerprint density at radius 1 is 1.33 bits per heavy atom. The van der Waals surface area contributed by atoms with Crippen molar-refractivity contribution in [3.05, 3.63) is 35.4 Å². The van der Waals surface area contributed by atoms with Gasteiger partial charge in [-0.3, -0.25) is 0 Å². The minimum absolute atomic E-state index is 0.0973. The molecule has 102 valence electrons. The van der Waals surface area contributed by atoms with E-state index in [1.807, 2.05) is 18.2 Å². The summed E-state index contributed by atoms with van der Waals surface area (Å²) in [4.78, 5) is 0. The predicted octanol–water partition coefficient (Wildman–Crippen LogP) is 2.47. The van der Waals surface area contributed by atoms with Gasteiger partial charge in [-0.25, -0.2) is 0 Å². The Hall–Kier alpha value is -0.900. The summed E-state index contributed by atoms with van der Waals surface area (Å²) in [6.45, 7) is 7.26. The van der Waals surface area contributed by atoms with Crippen LogP contribution in [0, 0.1) is 0 Å². The van der Waals surface area contributed by atoms with Gasteiger partial charge in [-0.15, -0.1) is 0 Å². The van der Waals surface area contributed by atoms with E-state index in [-0.39, 0.29) is 12.2 Å². The maximum absolute atomic E-state index is 9.09. The molecule has 3 heteroatoms. The molecule has 0 bridgehead atoms. The van der Waals surface area contributed by atoms with Gasteiger partial charge in [0, 0.05) is 19.7 Å². The van der Waals surface area contributed by atoms with E-state index in [2.05, 4.69) is 32.2 Å². The number of benzene rings is 1. The van der Waals surface area contributed by atoms with Gasteiger partial charge in [0.25, 0.3) is 0 Å². The predicted molar refractivity (Wildman–Crippen MR) is 74.4 cm³/mol. The molecule has 0 aromatic heterocycles. The van der Waals surface area contributed by atoms with Crippen LogP contribution in [0.1, 0.15) is 38.3 Å². The summed E-state index contributed by atoms with van der Waals surface area (Å²) in [7, 11) is 1.75. The lowest BCUT2D eigenvalue weighted by Crippen LogP contribution is -2.35. The van der Waals surface area contributed by atoms with Crippen molar-refractivity contribution in [3.8, 4) is 0 Å². The first-order chi connectivity index (χ1) is 8.46. The number of rotatable bonds is 7. The van der Waals surface area contributed by atoms with Crippen molar-refractivity contribution in [1.29, 1.82) is 0 Å². The Labute approximate surface area is 110 Å². The summed E-state index contributed by atoms with van der Waals surface area (Å²) in [5, 5.41) is 12.6. The standard InChI is InChI=1S/C15H25NO2/c1-12(9-15(2,3)18-4)16-10-13-6-5-7-14(8-13)11-17/h5-8,12,16-17H,9-11H2,1-4H3. The molecule has 1 unspecified atom stereocenters. The normalized spacial score (nSPS) is 13.6. The van der Waals surface area contributed by atoms with Gasteiger partial charge < -0.3 is 15.2 Å². The average molecular weight is 251 g/mol. The Balaban J connectivity index is 2.44. The van der Waals surface area contributed by atoms with Crippen LogP contribution in [0.25, 0.3) is 0 Å². The summed E-state index contributed by atoms with van der Waals surface area (Å²) >= 11 is 0. The fourth-order valence-electron chi connectivity index (χ4n) is 2.02. The van der Waals surface area contributed by atoms with Gasteiger partial charge in [0.15, 0.2) is 0 Å². The van der Waals surface area contributed by atoms with E-state index in [1.54, 1.807) is 7.11 Å². The van der Waals surface area contributed by atoms with Crippen molar-refractivity contribution in [2.75, 3.05) is 7.11 Å². The Morgan fingerprint density at radius 2 is 2.00 bits per heavy atom. The van der Waals surface area contributed by atoms with Crippen LogP contribution in [-0.4, -0.2) is 23.9 Å². The fraction of sp³-hybridized carbons (Fsp3) is 0.600. The summed E-state index contributed by atoms with van der Waals surface area (Å²) in [5.74, 6) is 0. The van der Waals surface area contributed by atoms with E-state index in [4.69, 9.17) is 9.84 Å². The van der Waals surface area contributed by atoms with Gasteiger partial charge in [0.2, 0.25) is 0 Å². The number of hydrogen-bond acceptors (Lipinski definition) is 3. The first-order valence-corrected chi connectivity index (χ1v) is 6.44. The summed E-state index contributed by atoms with van der Waals surface area (Å²) in [5.41, 5.74) is 2.06. The van der Waals surface area contributed by atoms with Crippen LogP contribution >= 0.6 is 0 Å². The molecule has 2 N–H and O–H groups in total. The highest BCUT2D eigenvalue weighted by molar-refractivity contribution is 5.22. The van der Waals surface area contributed by atoms with Crippen LogP contribution in [0.5, 0.6) is 0 Å². The second-order valence-corrected chi connectivity index (χ2v) is 5.43. The van der Waals surface area contributed by atoms with Crippen LogP contribution in [-0.2, 0) is 17.9 Å². The summed E-state index contributed by atoms with van der Waals surface area (Å²) < 4.78 is 5.42. The minimum Gasteiger partial charge on any atom is -0.392 e. The van der Waals surface area contributed by atoms with Crippen molar-refractivity contribution in [2.24, 2.45) is 0 Å². The maximum atomic E-state index is 9.09. The van der Waals surface area contributed by atoms with E-state index in [1.165, 1.54) is 5.56 Å². The lowest BCUT2D eigenvalue weighted by Gasteiger charge is -2.27. The van der Waals surface area contributed by atoms with Gasteiger partial charge >= 0.3 is 0 Å². The molecule has 0 heterocycles. The largest absolute Gasteiger partial charge is 0.392 e. The Morgan fingerprint density at radius 3 is 2.61 bits per heavy atom. The highest BCUT2D eigenvalue weighted by atomic mass is 16.5. The second kappa shape index (κ2) is 6.88. The molecule has 18 heavy (non-hydrogen) atoms. The second-order valence-electron chi connectivity index (χ2n) is 5.43. The van der Waals surface area contributed by atoms with Gasteiger partial charge in [-0.05, 0) is 38.3 Å². The van der Waals surface area contributed by atoms with Crippen molar-refractivity contribution < 1.29 is 9.84 Å². The number of ether oxygens (including phenoxy) is 1. The van der Waals surface area contributed by atoms with E-state index >= 15 is 0 Å². The number of hydrogen-bond donors (Lipinski definition) is 2. The monoisotopic (exact) mass is 251 g/mol. The number of aliphatic hydroxyl groups excluding tert-OH is 1. The van der Waals surface area contributed by atoms with E-state index in [0.29, 0.717) is 6.04 Å². The van der Waals surface area contributed by atoms with Gasteiger partial charge in [0.05, 0.1) is 12.2 Å². The van der Waals surface area contributed by atoms with E-state index < -0.39 is 0 Å². The van der Waals surface area contributed by atoms with Crippen LogP contribution < -0.4 is 5.32 Å². The molecule has 1 atom stereocenters. The SMILES string of the molecule is COC(C)(C)CC(C)NCc1cccc(CO)c1. The molecule has 0 aliphatic rings. The molecule has 0 radical (unpaired) electrons.